The van der Waals surface area contributed by atoms with E-state index >= 15 is 0 Å². The number of pyridine rings is 1. The lowest BCUT2D eigenvalue weighted by atomic mass is 10.1. The number of nitrogens with one attached hydrogen (secondary N) is 1. The summed E-state index contributed by atoms with van der Waals surface area (Å²) in [6, 6.07) is 2.72. The lowest BCUT2D eigenvalue weighted by Gasteiger charge is -2.27. The highest BCUT2D eigenvalue weighted by Crippen LogP contribution is 2.26. The Labute approximate surface area is 120 Å². The van der Waals surface area contributed by atoms with Gasteiger partial charge in [0.15, 0.2) is 9.84 Å². The molecule has 2 fully saturated rings. The number of sulfone groups is 1. The third-order valence-electron chi connectivity index (χ3n) is 4.17. The first-order chi connectivity index (χ1) is 9.55. The van der Waals surface area contributed by atoms with Crippen LogP contribution in [0.5, 0.6) is 0 Å². The molecule has 1 aliphatic carbocycles. The molecule has 0 radical (unpaired) electrons. The number of anilines is 1. The van der Waals surface area contributed by atoms with E-state index in [9.17, 15) is 8.42 Å². The minimum Gasteiger partial charge on any atom is -0.370 e. The van der Waals surface area contributed by atoms with Gasteiger partial charge in [0.2, 0.25) is 0 Å². The fraction of sp³-hybridized carbons (Fsp3) is 0.643. The molecule has 0 bridgehead atoms. The Bertz CT molecular complexity index is 584. The normalized spacial score (nSPS) is 24.8. The van der Waals surface area contributed by atoms with Gasteiger partial charge in [-0.3, -0.25) is 4.98 Å². The Kier molecular flexibility index (Phi) is 3.69. The van der Waals surface area contributed by atoms with Gasteiger partial charge in [0.1, 0.15) is 0 Å². The van der Waals surface area contributed by atoms with Crippen molar-refractivity contribution in [3.05, 3.63) is 24.0 Å². The predicted molar refractivity (Wildman–Crippen MR) is 79.6 cm³/mol. The molecule has 1 saturated carbocycles. The molecule has 0 amide bonds. The van der Waals surface area contributed by atoms with Crippen molar-refractivity contribution in [1.29, 1.82) is 0 Å². The van der Waals surface area contributed by atoms with Crippen molar-refractivity contribution >= 4 is 15.5 Å². The zero-order chi connectivity index (χ0) is 14.2. The molecule has 6 heteroatoms. The quantitative estimate of drug-likeness (QED) is 0.876. The Balaban J connectivity index is 1.74. The van der Waals surface area contributed by atoms with Crippen LogP contribution in [0.2, 0.25) is 0 Å². The molecule has 1 N–H and O–H groups in total. The second-order valence-corrected chi connectivity index (χ2v) is 8.06. The maximum Gasteiger partial charge on any atom is 0.152 e. The lowest BCUT2D eigenvalue weighted by Crippen LogP contribution is -2.33. The van der Waals surface area contributed by atoms with Crippen molar-refractivity contribution in [2.45, 2.75) is 37.9 Å². The molecule has 1 saturated heterocycles. The third-order valence-corrected chi connectivity index (χ3v) is 5.92. The molecule has 20 heavy (non-hydrogen) atoms. The van der Waals surface area contributed by atoms with Crippen LogP contribution in [0.4, 0.5) is 5.69 Å². The maximum atomic E-state index is 11.6. The van der Waals surface area contributed by atoms with E-state index in [1.807, 2.05) is 19.3 Å². The minimum absolute atomic E-state index is 0.0853. The first-order valence-corrected chi connectivity index (χ1v) is 8.97. The molecule has 1 atom stereocenters. The van der Waals surface area contributed by atoms with Crippen LogP contribution in [0.15, 0.2) is 18.5 Å². The van der Waals surface area contributed by atoms with E-state index in [4.69, 9.17) is 0 Å². The molecule has 1 aromatic heterocycles. The highest BCUT2D eigenvalue weighted by Gasteiger charge is 2.31. The molecule has 0 aromatic carbocycles. The van der Waals surface area contributed by atoms with Crippen molar-refractivity contribution in [2.24, 2.45) is 0 Å². The van der Waals surface area contributed by atoms with Gasteiger partial charge in [0.05, 0.1) is 11.5 Å². The van der Waals surface area contributed by atoms with Gasteiger partial charge in [0, 0.05) is 49.3 Å². The van der Waals surface area contributed by atoms with E-state index in [1.54, 1.807) is 6.20 Å². The maximum absolute atomic E-state index is 11.6. The largest absolute Gasteiger partial charge is 0.370 e. The van der Waals surface area contributed by atoms with Crippen LogP contribution in [0.1, 0.15) is 24.8 Å². The van der Waals surface area contributed by atoms with Crippen molar-refractivity contribution < 1.29 is 8.42 Å². The van der Waals surface area contributed by atoms with Crippen molar-refractivity contribution in [3.8, 4) is 0 Å². The van der Waals surface area contributed by atoms with Crippen LogP contribution in [-0.2, 0) is 16.4 Å². The van der Waals surface area contributed by atoms with Crippen molar-refractivity contribution in [2.75, 3.05) is 23.5 Å². The fourth-order valence-electron chi connectivity index (χ4n) is 2.72. The first-order valence-electron chi connectivity index (χ1n) is 7.15. The van der Waals surface area contributed by atoms with E-state index in [-0.39, 0.29) is 11.8 Å². The van der Waals surface area contributed by atoms with E-state index in [2.05, 4.69) is 15.2 Å². The number of hydrogen-bond donors (Lipinski definition) is 1. The summed E-state index contributed by atoms with van der Waals surface area (Å²) < 4.78 is 23.3. The highest BCUT2D eigenvalue weighted by molar-refractivity contribution is 7.91. The molecule has 2 heterocycles. The van der Waals surface area contributed by atoms with Gasteiger partial charge in [-0.05, 0) is 25.3 Å². The van der Waals surface area contributed by atoms with E-state index in [1.165, 1.54) is 12.8 Å². The summed E-state index contributed by atoms with van der Waals surface area (Å²) >= 11 is 0. The van der Waals surface area contributed by atoms with Gasteiger partial charge in [-0.25, -0.2) is 8.42 Å². The van der Waals surface area contributed by atoms with Gasteiger partial charge in [0.25, 0.3) is 0 Å². The summed E-state index contributed by atoms with van der Waals surface area (Å²) in [6.45, 7) is 0.803. The Hall–Kier alpha value is -1.14. The molecular formula is C14H21N3O2S. The summed E-state index contributed by atoms with van der Waals surface area (Å²) in [4.78, 5) is 6.30. The van der Waals surface area contributed by atoms with Crippen molar-refractivity contribution in [3.63, 3.8) is 0 Å². The summed E-state index contributed by atoms with van der Waals surface area (Å²) in [7, 11) is -0.862. The van der Waals surface area contributed by atoms with Gasteiger partial charge in [-0.1, -0.05) is 0 Å². The SMILES string of the molecule is CN(c1ccncc1CNC1CC1)C1CCS(=O)(=O)C1. The Morgan fingerprint density at radius 3 is 2.85 bits per heavy atom. The summed E-state index contributed by atoms with van der Waals surface area (Å²) in [5, 5.41) is 3.49. The molecule has 110 valence electrons. The summed E-state index contributed by atoms with van der Waals surface area (Å²) in [6.07, 6.45) is 6.88. The van der Waals surface area contributed by atoms with Gasteiger partial charge >= 0.3 is 0 Å². The fourth-order valence-corrected chi connectivity index (χ4v) is 4.49. The number of aromatic nitrogens is 1. The van der Waals surface area contributed by atoms with Crippen LogP contribution >= 0.6 is 0 Å². The van der Waals surface area contributed by atoms with E-state index in [0.29, 0.717) is 11.8 Å². The van der Waals surface area contributed by atoms with Crippen LogP contribution in [0, 0.1) is 0 Å². The summed E-state index contributed by atoms with van der Waals surface area (Å²) in [5.74, 6) is 0.573. The second kappa shape index (κ2) is 5.33. The minimum atomic E-state index is -2.85. The molecule has 3 rings (SSSR count). The standard InChI is InChI=1S/C14H21N3O2S/c1-17(13-5-7-20(18,19)10-13)14-4-6-15-8-11(14)9-16-12-2-3-12/h4,6,8,12-13,16H,2-3,5,7,9-10H2,1H3. The molecule has 1 unspecified atom stereocenters. The van der Waals surface area contributed by atoms with Crippen LogP contribution in [0.3, 0.4) is 0 Å². The van der Waals surface area contributed by atoms with Gasteiger partial charge in [-0.2, -0.15) is 0 Å². The number of hydrogen-bond acceptors (Lipinski definition) is 5. The molecule has 5 nitrogen and oxygen atoms in total. The highest BCUT2D eigenvalue weighted by atomic mass is 32.2. The van der Waals surface area contributed by atoms with Gasteiger partial charge < -0.3 is 10.2 Å². The smallest absolute Gasteiger partial charge is 0.152 e. The summed E-state index contributed by atoms with van der Waals surface area (Å²) in [5.41, 5.74) is 2.24. The van der Waals surface area contributed by atoms with E-state index < -0.39 is 9.84 Å². The zero-order valence-corrected chi connectivity index (χ0v) is 12.6. The van der Waals surface area contributed by atoms with Crippen LogP contribution < -0.4 is 10.2 Å². The van der Waals surface area contributed by atoms with Gasteiger partial charge in [-0.15, -0.1) is 0 Å². The third kappa shape index (κ3) is 3.12. The second-order valence-electron chi connectivity index (χ2n) is 5.83. The Morgan fingerprint density at radius 2 is 2.20 bits per heavy atom. The average Bonchev–Trinajstić information content (AvgIpc) is 3.19. The van der Waals surface area contributed by atoms with E-state index in [0.717, 1.165) is 24.2 Å². The number of nitrogens with zero attached hydrogens (tertiary/aromatic N) is 2. The van der Waals surface area contributed by atoms with Crippen LogP contribution in [0.25, 0.3) is 0 Å². The molecule has 0 spiro atoms. The molecule has 2 aliphatic rings. The molecule has 1 aromatic rings. The number of rotatable bonds is 5. The lowest BCUT2D eigenvalue weighted by molar-refractivity contribution is 0.600. The first kappa shape index (κ1) is 13.8. The monoisotopic (exact) mass is 295 g/mol. The molecule has 1 aliphatic heterocycles. The predicted octanol–water partition coefficient (Wildman–Crippen LogP) is 0.957. The topological polar surface area (TPSA) is 62.3 Å². The van der Waals surface area contributed by atoms with Crippen LogP contribution in [-0.4, -0.2) is 44.0 Å². The van der Waals surface area contributed by atoms with Crippen molar-refractivity contribution in [1.82, 2.24) is 10.3 Å². The Morgan fingerprint density at radius 1 is 1.40 bits per heavy atom. The average molecular weight is 295 g/mol. The molecular weight excluding hydrogens is 274 g/mol. The zero-order valence-electron chi connectivity index (χ0n) is 11.7.